The minimum Gasteiger partial charge on any atom is -0.481 e. The van der Waals surface area contributed by atoms with Crippen molar-refractivity contribution in [3.63, 3.8) is 0 Å². The number of carboxylic acids is 1. The number of carbonyl (C=O) groups excluding carboxylic acids is 1. The molecule has 0 aliphatic heterocycles. The summed E-state index contributed by atoms with van der Waals surface area (Å²) in [6, 6.07) is 14.7. The fourth-order valence-electron chi connectivity index (χ4n) is 5.87. The molecule has 2 bridgehead atoms. The van der Waals surface area contributed by atoms with Crippen molar-refractivity contribution in [1.29, 1.82) is 0 Å². The van der Waals surface area contributed by atoms with Crippen LogP contribution in [-0.2, 0) is 14.8 Å². The summed E-state index contributed by atoms with van der Waals surface area (Å²) in [6.07, 6.45) is 8.80. The first kappa shape index (κ1) is 26.9. The van der Waals surface area contributed by atoms with Gasteiger partial charge in [0.15, 0.2) is 0 Å². The maximum absolute atomic E-state index is 13.2. The van der Waals surface area contributed by atoms with E-state index in [1.807, 2.05) is 0 Å². The molecule has 3 aliphatic rings. The smallest absolute Gasteiger partial charge is 0.303 e. The molecule has 3 fully saturated rings. The molecule has 3 N–H and O–H groups in total. The molecule has 2 aromatic rings. The number of carbonyl (C=O) groups is 2. The second-order valence-electron chi connectivity index (χ2n) is 10.8. The van der Waals surface area contributed by atoms with Crippen LogP contribution in [0.5, 0.6) is 0 Å². The number of nitrogens with one attached hydrogen (secondary N) is 2. The number of benzene rings is 2. The quantitative estimate of drug-likeness (QED) is 0.267. The van der Waals surface area contributed by atoms with E-state index in [2.05, 4.69) is 36.0 Å². The molecule has 0 heterocycles. The Hall–Kier alpha value is -3.13. The molecule has 0 unspecified atom stereocenters. The Morgan fingerprint density at radius 2 is 1.73 bits per heavy atom. The molecule has 2 aromatic carbocycles. The number of rotatable bonds is 11. The van der Waals surface area contributed by atoms with Gasteiger partial charge < -0.3 is 10.4 Å². The molecule has 0 spiro atoms. The van der Waals surface area contributed by atoms with Crippen LogP contribution in [0, 0.1) is 23.2 Å². The van der Waals surface area contributed by atoms with E-state index in [9.17, 15) is 18.0 Å². The Morgan fingerprint density at radius 1 is 1.03 bits per heavy atom. The highest BCUT2D eigenvalue weighted by molar-refractivity contribution is 7.92. The van der Waals surface area contributed by atoms with Crippen molar-refractivity contribution in [2.24, 2.45) is 23.2 Å². The Bertz CT molecular complexity index is 1240. The van der Waals surface area contributed by atoms with Crippen LogP contribution in [0.1, 0.15) is 62.7 Å². The number of hydrogen-bond donors (Lipinski definition) is 3. The summed E-state index contributed by atoms with van der Waals surface area (Å²) >= 11 is 0. The van der Waals surface area contributed by atoms with Crippen LogP contribution in [0.2, 0.25) is 0 Å². The van der Waals surface area contributed by atoms with Gasteiger partial charge in [-0.25, -0.2) is 8.42 Å². The average molecular weight is 525 g/mol. The third-order valence-corrected chi connectivity index (χ3v) is 9.59. The number of allylic oxidation sites excluding steroid dienone is 2. The van der Waals surface area contributed by atoms with Crippen LogP contribution in [0.4, 0.5) is 5.69 Å². The highest BCUT2D eigenvalue weighted by Crippen LogP contribution is 2.61. The van der Waals surface area contributed by atoms with Crippen molar-refractivity contribution in [1.82, 2.24) is 5.32 Å². The standard InChI is InChI=1S/C29H36N2O5S/c1-29(2)22-18-21(10-6-3-4-9-13-26(32)33)27(25(29)19-22)30-28(34)20-14-16-23(17-15-20)31-37(35,36)24-11-7-5-8-12-24/h3,5-8,11-12,14-17,21-22,25,27,31H,4,9-10,13,18-19H2,1-2H3,(H,30,34)(H,32,33)/b6-3+/t21-,22+,25+,27+/m0/s1. The molecule has 0 radical (unpaired) electrons. The molecule has 5 rings (SSSR count). The van der Waals surface area contributed by atoms with Crippen molar-refractivity contribution in [3.05, 3.63) is 72.3 Å². The van der Waals surface area contributed by atoms with Crippen LogP contribution in [0.3, 0.4) is 0 Å². The lowest BCUT2D eigenvalue weighted by atomic mass is 9.44. The number of fused-ring (bicyclic) bond motifs is 2. The van der Waals surface area contributed by atoms with Crippen LogP contribution in [0.25, 0.3) is 0 Å². The van der Waals surface area contributed by atoms with Crippen molar-refractivity contribution in [2.75, 3.05) is 4.72 Å². The zero-order valence-electron chi connectivity index (χ0n) is 21.4. The Morgan fingerprint density at radius 3 is 2.38 bits per heavy atom. The van der Waals surface area contributed by atoms with Gasteiger partial charge in [0, 0.05) is 23.7 Å². The van der Waals surface area contributed by atoms with E-state index >= 15 is 0 Å². The second kappa shape index (κ2) is 11.1. The molecule has 8 heteroatoms. The van der Waals surface area contributed by atoms with Crippen molar-refractivity contribution < 1.29 is 23.1 Å². The van der Waals surface area contributed by atoms with E-state index in [4.69, 9.17) is 5.11 Å². The molecule has 1 amide bonds. The summed E-state index contributed by atoms with van der Waals surface area (Å²) in [4.78, 5) is 24.1. The summed E-state index contributed by atoms with van der Waals surface area (Å²) in [5.41, 5.74) is 1.08. The Labute approximate surface area is 219 Å². The topological polar surface area (TPSA) is 113 Å². The molecule has 3 saturated carbocycles. The summed E-state index contributed by atoms with van der Waals surface area (Å²) < 4.78 is 27.7. The summed E-state index contributed by atoms with van der Waals surface area (Å²) in [5.74, 6) is 0.491. The van der Waals surface area contributed by atoms with Crippen LogP contribution in [0.15, 0.2) is 71.6 Å². The Kier molecular flexibility index (Phi) is 8.07. The molecule has 4 atom stereocenters. The number of sulfonamides is 1. The SMILES string of the molecule is CC1(C)[C@@H]2C[C@H](C/C=C/CCCC(=O)O)[C@@H](NC(=O)c3ccc(NS(=O)(=O)c4ccccc4)cc3)[C@H]1C2. The third kappa shape index (κ3) is 6.24. The molecule has 7 nitrogen and oxygen atoms in total. The van der Waals surface area contributed by atoms with Crippen LogP contribution >= 0.6 is 0 Å². The van der Waals surface area contributed by atoms with Crippen molar-refractivity contribution in [2.45, 2.75) is 63.3 Å². The molecular formula is C29H36N2O5S. The molecular weight excluding hydrogens is 488 g/mol. The summed E-state index contributed by atoms with van der Waals surface area (Å²) in [7, 11) is -3.70. The van der Waals surface area contributed by atoms with Crippen molar-refractivity contribution >= 4 is 27.6 Å². The van der Waals surface area contributed by atoms with Gasteiger partial charge in [0.05, 0.1) is 4.90 Å². The lowest BCUT2D eigenvalue weighted by Crippen LogP contribution is -2.63. The van der Waals surface area contributed by atoms with Gasteiger partial charge in [-0.05, 0) is 91.7 Å². The lowest BCUT2D eigenvalue weighted by Gasteiger charge is -2.62. The number of amides is 1. The first-order valence-corrected chi connectivity index (χ1v) is 14.4. The summed E-state index contributed by atoms with van der Waals surface area (Å²) in [5, 5.41) is 12.1. The van der Waals surface area contributed by atoms with Gasteiger partial charge in [-0.3, -0.25) is 14.3 Å². The van der Waals surface area contributed by atoms with E-state index in [1.165, 1.54) is 12.1 Å². The zero-order valence-corrected chi connectivity index (χ0v) is 22.2. The number of aliphatic carboxylic acids is 1. The second-order valence-corrected chi connectivity index (χ2v) is 12.5. The first-order chi connectivity index (χ1) is 17.6. The maximum Gasteiger partial charge on any atom is 0.303 e. The Balaban J connectivity index is 1.39. The van der Waals surface area contributed by atoms with Gasteiger partial charge in [-0.2, -0.15) is 0 Å². The average Bonchev–Trinajstić information content (AvgIpc) is 2.87. The zero-order chi connectivity index (χ0) is 26.6. The molecule has 37 heavy (non-hydrogen) atoms. The maximum atomic E-state index is 13.2. The van der Waals surface area contributed by atoms with E-state index in [0.717, 1.165) is 25.7 Å². The summed E-state index contributed by atoms with van der Waals surface area (Å²) in [6.45, 7) is 4.58. The monoisotopic (exact) mass is 524 g/mol. The minimum atomic E-state index is -3.70. The third-order valence-electron chi connectivity index (χ3n) is 8.19. The minimum absolute atomic E-state index is 0.0624. The fourth-order valence-corrected chi connectivity index (χ4v) is 6.95. The van der Waals surface area contributed by atoms with Gasteiger partial charge in [0.25, 0.3) is 15.9 Å². The predicted octanol–water partition coefficient (Wildman–Crippen LogP) is 5.47. The van der Waals surface area contributed by atoms with Crippen LogP contribution in [-0.4, -0.2) is 31.4 Å². The van der Waals surface area contributed by atoms with E-state index in [-0.39, 0.29) is 28.7 Å². The molecule has 0 saturated heterocycles. The fraction of sp³-hybridized carbons (Fsp3) is 0.448. The predicted molar refractivity (Wildman–Crippen MR) is 144 cm³/mol. The van der Waals surface area contributed by atoms with Gasteiger partial charge >= 0.3 is 5.97 Å². The van der Waals surface area contributed by atoms with Gasteiger partial charge in [-0.15, -0.1) is 0 Å². The molecule has 3 aliphatic carbocycles. The normalized spacial score (nSPS) is 24.3. The molecule has 0 aromatic heterocycles. The highest BCUT2D eigenvalue weighted by atomic mass is 32.2. The lowest BCUT2D eigenvalue weighted by molar-refractivity contribution is -0.137. The van der Waals surface area contributed by atoms with Gasteiger partial charge in [0.1, 0.15) is 0 Å². The highest BCUT2D eigenvalue weighted by Gasteiger charge is 2.57. The van der Waals surface area contributed by atoms with E-state index < -0.39 is 16.0 Å². The van der Waals surface area contributed by atoms with Gasteiger partial charge in [-0.1, -0.05) is 44.2 Å². The van der Waals surface area contributed by atoms with Crippen molar-refractivity contribution in [3.8, 4) is 0 Å². The first-order valence-electron chi connectivity index (χ1n) is 12.9. The van der Waals surface area contributed by atoms with E-state index in [0.29, 0.717) is 35.4 Å². The molecule has 198 valence electrons. The number of anilines is 1. The largest absolute Gasteiger partial charge is 0.481 e. The number of hydrogen-bond acceptors (Lipinski definition) is 4. The number of unbranched alkanes of at least 4 members (excludes halogenated alkanes) is 1. The van der Waals surface area contributed by atoms with Crippen LogP contribution < -0.4 is 10.0 Å². The van der Waals surface area contributed by atoms with E-state index in [1.54, 1.807) is 42.5 Å². The van der Waals surface area contributed by atoms with Gasteiger partial charge in [0.2, 0.25) is 0 Å². The number of carboxylic acid groups (broad SMARTS) is 1.